The largest absolute Gasteiger partial charge is 0.480 e. The van der Waals surface area contributed by atoms with Crippen molar-refractivity contribution in [3.63, 3.8) is 0 Å². The number of nitrogens with zero attached hydrogens (tertiary/aromatic N) is 1. The van der Waals surface area contributed by atoms with Gasteiger partial charge < -0.3 is 10.0 Å². The number of likely N-dealkylation sites (tertiary alicyclic amines) is 1. The molecule has 0 unspecified atom stereocenters. The predicted octanol–water partition coefficient (Wildman–Crippen LogP) is 2.54. The molecule has 1 aromatic rings. The first-order valence-corrected chi connectivity index (χ1v) is 8.50. The third-order valence-corrected chi connectivity index (χ3v) is 5.41. The number of aliphatic carboxylic acids is 1. The number of hydrogen-bond acceptors (Lipinski definition) is 4. The maximum atomic E-state index is 12.9. The third kappa shape index (κ3) is 3.95. The first-order chi connectivity index (χ1) is 10.4. The van der Waals surface area contributed by atoms with Gasteiger partial charge in [0.2, 0.25) is 5.91 Å². The number of halogens is 1. The number of carbonyl (C=O) groups is 2. The third-order valence-electron chi connectivity index (χ3n) is 3.64. The Balaban J connectivity index is 2.08. The molecule has 1 saturated heterocycles. The molecule has 0 radical (unpaired) electrons. The number of hydrogen-bond donors (Lipinski definition) is 2. The van der Waals surface area contributed by atoms with Crippen molar-refractivity contribution >= 4 is 36.3 Å². The van der Waals surface area contributed by atoms with Gasteiger partial charge in [-0.05, 0) is 30.7 Å². The fourth-order valence-corrected chi connectivity index (χ4v) is 3.78. The Kier molecular flexibility index (Phi) is 5.74. The summed E-state index contributed by atoms with van der Waals surface area (Å²) in [5.74, 6) is -1.39. The molecule has 1 amide bonds. The lowest BCUT2D eigenvalue weighted by Gasteiger charge is -2.24. The van der Waals surface area contributed by atoms with E-state index in [0.29, 0.717) is 18.7 Å². The summed E-state index contributed by atoms with van der Waals surface area (Å²) >= 11 is 5.58. The van der Waals surface area contributed by atoms with Gasteiger partial charge in [0.05, 0.1) is 0 Å². The lowest BCUT2D eigenvalue weighted by Crippen LogP contribution is -2.43. The second-order valence-corrected chi connectivity index (χ2v) is 7.10. The van der Waals surface area contributed by atoms with Crippen molar-refractivity contribution in [1.82, 2.24) is 4.90 Å². The van der Waals surface area contributed by atoms with E-state index in [1.807, 2.05) is 0 Å². The second kappa shape index (κ2) is 7.37. The quantitative estimate of drug-likeness (QED) is 0.807. The van der Waals surface area contributed by atoms with Gasteiger partial charge in [-0.2, -0.15) is 12.6 Å². The fraction of sp³-hybridized carbons (Fsp3) is 0.467. The summed E-state index contributed by atoms with van der Waals surface area (Å²) in [7, 11) is 0. The van der Waals surface area contributed by atoms with E-state index in [-0.39, 0.29) is 22.9 Å². The zero-order valence-corrected chi connectivity index (χ0v) is 13.8. The molecule has 120 valence electrons. The lowest BCUT2D eigenvalue weighted by atomic mass is 10.1. The van der Waals surface area contributed by atoms with Crippen molar-refractivity contribution in [2.24, 2.45) is 5.92 Å². The Morgan fingerprint density at radius 2 is 2.09 bits per heavy atom. The van der Waals surface area contributed by atoms with Crippen molar-refractivity contribution < 1.29 is 19.1 Å². The highest BCUT2D eigenvalue weighted by molar-refractivity contribution is 8.00. The van der Waals surface area contributed by atoms with Gasteiger partial charge in [0.15, 0.2) is 0 Å². The molecule has 1 fully saturated rings. The molecule has 0 aromatic heterocycles. The molecule has 0 bridgehead atoms. The van der Waals surface area contributed by atoms with Crippen molar-refractivity contribution in [2.45, 2.75) is 29.5 Å². The van der Waals surface area contributed by atoms with Crippen LogP contribution in [-0.4, -0.2) is 45.5 Å². The number of rotatable bonds is 5. The Labute approximate surface area is 138 Å². The topological polar surface area (TPSA) is 57.6 Å². The van der Waals surface area contributed by atoms with Crippen LogP contribution in [0.3, 0.4) is 0 Å². The molecule has 1 N–H and O–H groups in total. The number of thiol groups is 1. The number of carboxylic acids is 1. The first kappa shape index (κ1) is 17.1. The van der Waals surface area contributed by atoms with Gasteiger partial charge in [0, 0.05) is 28.4 Å². The van der Waals surface area contributed by atoms with E-state index < -0.39 is 12.0 Å². The number of benzene rings is 1. The molecule has 0 spiro atoms. The highest BCUT2D eigenvalue weighted by Crippen LogP contribution is 2.33. The van der Waals surface area contributed by atoms with Crippen molar-refractivity contribution in [2.75, 3.05) is 12.3 Å². The molecule has 22 heavy (non-hydrogen) atoms. The van der Waals surface area contributed by atoms with Crippen LogP contribution in [0.1, 0.15) is 13.3 Å². The Morgan fingerprint density at radius 3 is 2.64 bits per heavy atom. The molecule has 0 aliphatic carbocycles. The van der Waals surface area contributed by atoms with Gasteiger partial charge >= 0.3 is 5.97 Å². The van der Waals surface area contributed by atoms with Gasteiger partial charge in [-0.15, -0.1) is 11.8 Å². The molecule has 7 heteroatoms. The van der Waals surface area contributed by atoms with Gasteiger partial charge in [-0.1, -0.05) is 6.92 Å². The molecular weight excluding hydrogens is 325 g/mol. The van der Waals surface area contributed by atoms with Crippen LogP contribution in [-0.2, 0) is 9.59 Å². The van der Waals surface area contributed by atoms with Crippen molar-refractivity contribution in [3.05, 3.63) is 30.1 Å². The zero-order chi connectivity index (χ0) is 16.3. The van der Waals surface area contributed by atoms with E-state index in [9.17, 15) is 19.1 Å². The number of amides is 1. The second-order valence-electron chi connectivity index (χ2n) is 5.36. The summed E-state index contributed by atoms with van der Waals surface area (Å²) in [6.45, 7) is 2.13. The number of thioether (sulfide) groups is 1. The monoisotopic (exact) mass is 343 g/mol. The highest BCUT2D eigenvalue weighted by atomic mass is 32.2. The average Bonchev–Trinajstić information content (AvgIpc) is 2.92. The molecule has 2 rings (SSSR count). The van der Waals surface area contributed by atoms with E-state index in [1.165, 1.54) is 28.8 Å². The van der Waals surface area contributed by atoms with Gasteiger partial charge in [0.25, 0.3) is 0 Å². The van der Waals surface area contributed by atoms with Crippen LogP contribution in [0.5, 0.6) is 0 Å². The number of carboxylic acid groups (broad SMARTS) is 1. The predicted molar refractivity (Wildman–Crippen MR) is 86.8 cm³/mol. The molecule has 0 saturated carbocycles. The molecule has 1 aliphatic heterocycles. The smallest absolute Gasteiger partial charge is 0.326 e. The summed E-state index contributed by atoms with van der Waals surface area (Å²) in [5, 5.41) is 9.32. The Bertz CT molecular complexity index is 552. The average molecular weight is 343 g/mol. The minimum absolute atomic E-state index is 0.0115. The first-order valence-electron chi connectivity index (χ1n) is 6.98. The van der Waals surface area contributed by atoms with Crippen LogP contribution in [0.15, 0.2) is 29.2 Å². The fourth-order valence-electron chi connectivity index (χ4n) is 2.43. The van der Waals surface area contributed by atoms with Crippen LogP contribution in [0.4, 0.5) is 4.39 Å². The van der Waals surface area contributed by atoms with E-state index in [4.69, 9.17) is 0 Å². The zero-order valence-electron chi connectivity index (χ0n) is 12.1. The molecular formula is C15H18FNO3S2. The molecule has 1 heterocycles. The van der Waals surface area contributed by atoms with E-state index in [1.54, 1.807) is 19.1 Å². The summed E-state index contributed by atoms with van der Waals surface area (Å²) in [5.41, 5.74) is 0. The number of carbonyl (C=O) groups excluding carboxylic acids is 1. The van der Waals surface area contributed by atoms with Crippen LogP contribution in [0.25, 0.3) is 0 Å². The molecule has 1 aromatic carbocycles. The maximum absolute atomic E-state index is 12.9. The summed E-state index contributed by atoms with van der Waals surface area (Å²) < 4.78 is 12.9. The highest BCUT2D eigenvalue weighted by Gasteiger charge is 2.40. The minimum Gasteiger partial charge on any atom is -0.480 e. The molecule has 1 aliphatic rings. The van der Waals surface area contributed by atoms with Gasteiger partial charge in [-0.25, -0.2) is 9.18 Å². The van der Waals surface area contributed by atoms with Crippen LogP contribution >= 0.6 is 24.4 Å². The summed E-state index contributed by atoms with van der Waals surface area (Å²) in [6, 6.07) is 5.27. The van der Waals surface area contributed by atoms with Crippen LogP contribution < -0.4 is 0 Å². The SMILES string of the molecule is C[C@H](CS)C(=O)N1C[C@@H](Sc2ccc(F)cc2)C[C@H]1C(=O)O. The van der Waals surface area contributed by atoms with Gasteiger partial charge in [-0.3, -0.25) is 4.79 Å². The summed E-state index contributed by atoms with van der Waals surface area (Å²) in [4.78, 5) is 26.0. The van der Waals surface area contributed by atoms with E-state index >= 15 is 0 Å². The van der Waals surface area contributed by atoms with E-state index in [2.05, 4.69) is 12.6 Å². The minimum atomic E-state index is -0.984. The standard InChI is InChI=1S/C15H18FNO3S2/c1-9(8-21)14(18)17-7-12(6-13(17)15(19)20)22-11-4-2-10(16)3-5-11/h2-5,9,12-13,21H,6-8H2,1H3,(H,19,20)/t9-,12+,13+/m1/s1. The Hall–Kier alpha value is -1.21. The van der Waals surface area contributed by atoms with Crippen LogP contribution in [0.2, 0.25) is 0 Å². The molecule has 3 atom stereocenters. The van der Waals surface area contributed by atoms with Crippen molar-refractivity contribution in [3.8, 4) is 0 Å². The lowest BCUT2D eigenvalue weighted by molar-refractivity contribution is -0.149. The Morgan fingerprint density at radius 1 is 1.45 bits per heavy atom. The van der Waals surface area contributed by atoms with Crippen LogP contribution in [0, 0.1) is 11.7 Å². The van der Waals surface area contributed by atoms with E-state index in [0.717, 1.165) is 4.90 Å². The normalized spacial score (nSPS) is 22.6. The summed E-state index contributed by atoms with van der Waals surface area (Å²) in [6.07, 6.45) is 0.391. The van der Waals surface area contributed by atoms with Crippen molar-refractivity contribution in [1.29, 1.82) is 0 Å². The van der Waals surface area contributed by atoms with Gasteiger partial charge in [0.1, 0.15) is 11.9 Å². The molecule has 4 nitrogen and oxygen atoms in total. The maximum Gasteiger partial charge on any atom is 0.326 e.